The number of fused-ring (bicyclic) bond motifs is 1. The van der Waals surface area contributed by atoms with E-state index in [9.17, 15) is 10.1 Å². The van der Waals surface area contributed by atoms with Crippen LogP contribution < -0.4 is 16.6 Å². The van der Waals surface area contributed by atoms with Gasteiger partial charge in [0.25, 0.3) is 5.56 Å². The van der Waals surface area contributed by atoms with Crippen LogP contribution in [-0.2, 0) is 0 Å². The van der Waals surface area contributed by atoms with Gasteiger partial charge in [-0.1, -0.05) is 17.7 Å². The van der Waals surface area contributed by atoms with Gasteiger partial charge in [0.05, 0.1) is 33.9 Å². The van der Waals surface area contributed by atoms with E-state index in [-0.39, 0.29) is 22.8 Å². The fraction of sp³-hybridized carbons (Fsp3) is 0.143. The maximum Gasteiger partial charge on any atom is 0.266 e. The Kier molecular flexibility index (Phi) is 5.23. The third-order valence-electron chi connectivity index (χ3n) is 4.68. The molecular weight excluding hydrogens is 416 g/mol. The number of nitrogens with zero attached hydrogens (tertiary/aromatic N) is 6. The molecule has 0 aliphatic carbocycles. The minimum atomic E-state index is -0.547. The number of hydrogen-bond donors (Lipinski definition) is 2. The number of nitrogens with one attached hydrogen (secondary N) is 1. The van der Waals surface area contributed by atoms with Gasteiger partial charge in [0.1, 0.15) is 29.1 Å². The largest absolute Gasteiger partial charge is 0.382 e. The number of aryl methyl sites for hydroxylation is 1. The summed E-state index contributed by atoms with van der Waals surface area (Å²) in [7, 11) is 0. The Morgan fingerprint density at radius 1 is 1.23 bits per heavy atom. The molecule has 0 saturated carbocycles. The molecule has 0 bridgehead atoms. The van der Waals surface area contributed by atoms with Gasteiger partial charge in [-0.2, -0.15) is 5.26 Å². The fourth-order valence-electron chi connectivity index (χ4n) is 3.30. The molecule has 0 amide bonds. The van der Waals surface area contributed by atoms with E-state index in [0.29, 0.717) is 33.3 Å². The molecule has 3 aromatic heterocycles. The van der Waals surface area contributed by atoms with Crippen molar-refractivity contribution >= 4 is 34.1 Å². The van der Waals surface area contributed by atoms with E-state index in [0.717, 1.165) is 0 Å². The number of aromatic nitrogens is 5. The summed E-state index contributed by atoms with van der Waals surface area (Å²) in [6, 6.07) is 10.0. The summed E-state index contributed by atoms with van der Waals surface area (Å²) >= 11 is 6.33. The molecule has 3 heterocycles. The highest BCUT2D eigenvalue weighted by Crippen LogP contribution is 2.26. The molecule has 0 spiro atoms. The number of hydrogen-bond acceptors (Lipinski definition) is 8. The van der Waals surface area contributed by atoms with Crippen LogP contribution in [0.25, 0.3) is 16.6 Å². The topological polar surface area (TPSA) is 135 Å². The van der Waals surface area contributed by atoms with Crippen molar-refractivity contribution in [3.05, 3.63) is 75.3 Å². The smallest absolute Gasteiger partial charge is 0.266 e. The zero-order valence-electron chi connectivity index (χ0n) is 16.7. The van der Waals surface area contributed by atoms with Gasteiger partial charge < -0.3 is 11.1 Å². The van der Waals surface area contributed by atoms with Gasteiger partial charge in [-0.15, -0.1) is 0 Å². The highest BCUT2D eigenvalue weighted by Gasteiger charge is 2.21. The molecule has 0 fully saturated rings. The Morgan fingerprint density at radius 2 is 2.03 bits per heavy atom. The minimum Gasteiger partial charge on any atom is -0.382 e. The molecule has 1 aromatic carbocycles. The summed E-state index contributed by atoms with van der Waals surface area (Å²) in [5, 5.41) is 13.4. The standard InChI is InChI=1S/C21H17ClN8O/c1-11(26-19-15(9-23)18(24)27-12(2)28-19)20-29-17-14(6-3-7-16(17)22)21(31)30(20)13-5-4-8-25-10-13/h3-8,10-11H,1-2H3,(H3,24,26,27,28)/t11-/m0/s1. The molecule has 31 heavy (non-hydrogen) atoms. The zero-order chi connectivity index (χ0) is 22.1. The Hall–Kier alpha value is -4.03. The number of nitrogen functional groups attached to an aromatic ring is 1. The van der Waals surface area contributed by atoms with Gasteiger partial charge in [0.15, 0.2) is 5.82 Å². The van der Waals surface area contributed by atoms with Crippen LogP contribution in [0.3, 0.4) is 0 Å². The molecule has 4 rings (SSSR count). The van der Waals surface area contributed by atoms with Crippen molar-refractivity contribution in [2.45, 2.75) is 19.9 Å². The van der Waals surface area contributed by atoms with Crippen molar-refractivity contribution in [3.8, 4) is 11.8 Å². The highest BCUT2D eigenvalue weighted by atomic mass is 35.5. The average Bonchev–Trinajstić information content (AvgIpc) is 2.74. The summed E-state index contributed by atoms with van der Waals surface area (Å²) in [5.41, 5.74) is 6.64. The van der Waals surface area contributed by atoms with Gasteiger partial charge in [0, 0.05) is 6.20 Å². The van der Waals surface area contributed by atoms with Gasteiger partial charge in [-0.25, -0.2) is 15.0 Å². The molecule has 1 atom stereocenters. The summed E-state index contributed by atoms with van der Waals surface area (Å²) in [5.74, 6) is 1.11. The third-order valence-corrected chi connectivity index (χ3v) is 4.99. The van der Waals surface area contributed by atoms with E-state index >= 15 is 0 Å². The van der Waals surface area contributed by atoms with Crippen LogP contribution in [0.5, 0.6) is 0 Å². The van der Waals surface area contributed by atoms with Crippen LogP contribution in [0.15, 0.2) is 47.5 Å². The highest BCUT2D eigenvalue weighted by molar-refractivity contribution is 6.35. The first-order valence-electron chi connectivity index (χ1n) is 9.33. The fourth-order valence-corrected chi connectivity index (χ4v) is 3.51. The van der Waals surface area contributed by atoms with Crippen molar-refractivity contribution in [1.29, 1.82) is 5.26 Å². The van der Waals surface area contributed by atoms with Gasteiger partial charge in [-0.05, 0) is 38.1 Å². The summed E-state index contributed by atoms with van der Waals surface area (Å²) in [6.07, 6.45) is 3.19. The summed E-state index contributed by atoms with van der Waals surface area (Å²) in [6.45, 7) is 3.47. The Morgan fingerprint density at radius 3 is 2.74 bits per heavy atom. The van der Waals surface area contributed by atoms with Crippen LogP contribution in [0, 0.1) is 18.3 Å². The molecule has 9 nitrogen and oxygen atoms in total. The van der Waals surface area contributed by atoms with E-state index in [1.165, 1.54) is 4.57 Å². The number of para-hydroxylation sites is 1. The van der Waals surface area contributed by atoms with Crippen LogP contribution in [0.4, 0.5) is 11.6 Å². The van der Waals surface area contributed by atoms with E-state index in [2.05, 4.69) is 20.3 Å². The van der Waals surface area contributed by atoms with Gasteiger partial charge >= 0.3 is 0 Å². The Balaban J connectivity index is 1.94. The minimum absolute atomic E-state index is 0.0730. The third kappa shape index (κ3) is 3.65. The molecule has 0 unspecified atom stereocenters. The van der Waals surface area contributed by atoms with E-state index in [4.69, 9.17) is 22.3 Å². The average molecular weight is 433 g/mol. The van der Waals surface area contributed by atoms with E-state index < -0.39 is 6.04 Å². The molecule has 0 aliphatic heterocycles. The number of nitrogens with two attached hydrogens (primary N) is 1. The number of pyridine rings is 1. The SMILES string of the molecule is Cc1nc(N)c(C#N)c(N[C@@H](C)c2nc3c(Cl)cccc3c(=O)n2-c2cccnc2)n1. The molecule has 10 heteroatoms. The zero-order valence-corrected chi connectivity index (χ0v) is 17.4. The quantitative estimate of drug-likeness (QED) is 0.501. The number of nitriles is 1. The lowest BCUT2D eigenvalue weighted by Gasteiger charge is -2.21. The monoisotopic (exact) mass is 432 g/mol. The van der Waals surface area contributed by atoms with E-state index in [1.54, 1.807) is 56.6 Å². The molecule has 0 saturated heterocycles. The molecule has 0 radical (unpaired) electrons. The van der Waals surface area contributed by atoms with Crippen molar-refractivity contribution in [2.24, 2.45) is 0 Å². The normalized spacial score (nSPS) is 11.8. The maximum absolute atomic E-state index is 13.4. The van der Waals surface area contributed by atoms with Crippen LogP contribution in [-0.4, -0.2) is 24.5 Å². The van der Waals surface area contributed by atoms with Crippen molar-refractivity contribution in [1.82, 2.24) is 24.5 Å². The van der Waals surface area contributed by atoms with Gasteiger partial charge in [0.2, 0.25) is 0 Å². The first-order chi connectivity index (χ1) is 14.9. The van der Waals surface area contributed by atoms with Crippen molar-refractivity contribution in [3.63, 3.8) is 0 Å². The second-order valence-corrected chi connectivity index (χ2v) is 7.22. The maximum atomic E-state index is 13.4. The Bertz CT molecular complexity index is 1390. The van der Waals surface area contributed by atoms with Crippen LogP contribution in [0.1, 0.15) is 30.2 Å². The lowest BCUT2D eigenvalue weighted by atomic mass is 10.2. The molecule has 0 aliphatic rings. The van der Waals surface area contributed by atoms with Crippen molar-refractivity contribution < 1.29 is 0 Å². The lowest BCUT2D eigenvalue weighted by molar-refractivity contribution is 0.728. The number of halogens is 1. The predicted molar refractivity (Wildman–Crippen MR) is 118 cm³/mol. The van der Waals surface area contributed by atoms with E-state index in [1.807, 2.05) is 6.07 Å². The summed E-state index contributed by atoms with van der Waals surface area (Å²) < 4.78 is 1.47. The predicted octanol–water partition coefficient (Wildman–Crippen LogP) is 3.16. The number of rotatable bonds is 4. The van der Waals surface area contributed by atoms with Crippen molar-refractivity contribution in [2.75, 3.05) is 11.1 Å². The molecule has 4 aromatic rings. The molecular formula is C21H17ClN8O. The summed E-state index contributed by atoms with van der Waals surface area (Å²) in [4.78, 5) is 30.5. The number of anilines is 2. The number of benzene rings is 1. The first-order valence-corrected chi connectivity index (χ1v) is 9.70. The first kappa shape index (κ1) is 20.3. The Labute approximate surface area is 182 Å². The van der Waals surface area contributed by atoms with Gasteiger partial charge in [-0.3, -0.25) is 14.3 Å². The van der Waals surface area contributed by atoms with Crippen LogP contribution in [0.2, 0.25) is 5.02 Å². The molecule has 3 N–H and O–H groups in total. The second-order valence-electron chi connectivity index (χ2n) is 6.82. The molecule has 154 valence electrons. The second kappa shape index (κ2) is 8.01. The van der Waals surface area contributed by atoms with Crippen LogP contribution >= 0.6 is 11.6 Å². The lowest BCUT2D eigenvalue weighted by Crippen LogP contribution is -2.28.